The van der Waals surface area contributed by atoms with E-state index >= 15 is 0 Å². The van der Waals surface area contributed by atoms with Crippen molar-refractivity contribution >= 4 is 27.4 Å². The molecule has 35 heavy (non-hydrogen) atoms. The van der Waals surface area contributed by atoms with Crippen molar-refractivity contribution in [1.29, 1.82) is 0 Å². The molecule has 0 aliphatic carbocycles. The molecular formula is C28H31NO5S. The standard InChI is InChI=1S/C28H31NO5S/c1-4-34-28(31)23-11-13-25(14-12-23)29-27(30)19-24(22-9-5-20(2)6-10-22)17-18-35(32,33)26-15-7-21(3)8-16-26/h5-16,24H,4,17-19H2,1-3H3,(H,29,30). The van der Waals surface area contributed by atoms with E-state index in [9.17, 15) is 18.0 Å². The molecule has 3 rings (SSSR count). The summed E-state index contributed by atoms with van der Waals surface area (Å²) in [4.78, 5) is 25.0. The van der Waals surface area contributed by atoms with Gasteiger partial charge in [-0.15, -0.1) is 0 Å². The van der Waals surface area contributed by atoms with Crippen molar-refractivity contribution in [1.82, 2.24) is 0 Å². The van der Waals surface area contributed by atoms with Crippen molar-refractivity contribution in [3.8, 4) is 0 Å². The molecule has 0 aliphatic heterocycles. The number of hydrogen-bond donors (Lipinski definition) is 1. The van der Waals surface area contributed by atoms with Crippen molar-refractivity contribution in [2.75, 3.05) is 17.7 Å². The fourth-order valence-electron chi connectivity index (χ4n) is 3.73. The van der Waals surface area contributed by atoms with Crippen molar-refractivity contribution in [3.05, 3.63) is 95.1 Å². The van der Waals surface area contributed by atoms with Crippen LogP contribution in [-0.2, 0) is 19.4 Å². The molecule has 1 atom stereocenters. The van der Waals surface area contributed by atoms with Gasteiger partial charge in [0.1, 0.15) is 0 Å². The molecule has 0 fully saturated rings. The number of aryl methyl sites for hydroxylation is 2. The van der Waals surface area contributed by atoms with Crippen LogP contribution in [0.2, 0.25) is 0 Å². The van der Waals surface area contributed by atoms with E-state index in [1.54, 1.807) is 55.5 Å². The van der Waals surface area contributed by atoms with E-state index in [-0.39, 0.29) is 35.5 Å². The number of benzene rings is 3. The first kappa shape index (κ1) is 26.2. The number of amides is 1. The second-order valence-corrected chi connectivity index (χ2v) is 10.7. The number of carbonyl (C=O) groups is 2. The first-order valence-electron chi connectivity index (χ1n) is 11.6. The minimum absolute atomic E-state index is 0.0594. The van der Waals surface area contributed by atoms with Gasteiger partial charge in [0.05, 0.1) is 22.8 Å². The average Bonchev–Trinajstić information content (AvgIpc) is 2.83. The normalized spacial score (nSPS) is 12.1. The van der Waals surface area contributed by atoms with Crippen molar-refractivity contribution in [2.24, 2.45) is 0 Å². The molecule has 0 bridgehead atoms. The highest BCUT2D eigenvalue weighted by molar-refractivity contribution is 7.91. The van der Waals surface area contributed by atoms with E-state index < -0.39 is 15.8 Å². The summed E-state index contributed by atoms with van der Waals surface area (Å²) in [5.41, 5.74) is 3.96. The zero-order valence-corrected chi connectivity index (χ0v) is 21.1. The maximum Gasteiger partial charge on any atom is 0.338 e. The lowest BCUT2D eigenvalue weighted by molar-refractivity contribution is -0.116. The summed E-state index contributed by atoms with van der Waals surface area (Å²) in [6, 6.07) is 21.1. The van der Waals surface area contributed by atoms with E-state index in [1.807, 2.05) is 38.1 Å². The summed E-state index contributed by atoms with van der Waals surface area (Å²) in [6.07, 6.45) is 0.445. The SMILES string of the molecule is CCOC(=O)c1ccc(NC(=O)CC(CCS(=O)(=O)c2ccc(C)cc2)c2ccc(C)cc2)cc1. The highest BCUT2D eigenvalue weighted by Crippen LogP contribution is 2.27. The molecule has 0 aliphatic rings. The van der Waals surface area contributed by atoms with Gasteiger partial charge in [0.15, 0.2) is 9.84 Å². The molecule has 0 aromatic heterocycles. The van der Waals surface area contributed by atoms with Crippen LogP contribution in [0, 0.1) is 13.8 Å². The Labute approximate surface area is 207 Å². The molecule has 184 valence electrons. The van der Waals surface area contributed by atoms with Crippen LogP contribution in [0.25, 0.3) is 0 Å². The summed E-state index contributed by atoms with van der Waals surface area (Å²) in [6.45, 7) is 5.92. The zero-order chi connectivity index (χ0) is 25.4. The topological polar surface area (TPSA) is 89.5 Å². The number of nitrogens with one attached hydrogen (secondary N) is 1. The van der Waals surface area contributed by atoms with Gasteiger partial charge < -0.3 is 10.1 Å². The van der Waals surface area contributed by atoms with E-state index in [1.165, 1.54) is 0 Å². The number of esters is 1. The summed E-state index contributed by atoms with van der Waals surface area (Å²) in [5, 5.41) is 2.85. The van der Waals surface area contributed by atoms with Crippen LogP contribution in [-0.4, -0.2) is 32.7 Å². The highest BCUT2D eigenvalue weighted by atomic mass is 32.2. The Bertz CT molecular complexity index is 1250. The van der Waals surface area contributed by atoms with Crippen LogP contribution < -0.4 is 5.32 Å². The molecule has 3 aromatic carbocycles. The number of carbonyl (C=O) groups excluding carboxylic acids is 2. The third kappa shape index (κ3) is 7.52. The molecule has 0 radical (unpaired) electrons. The molecule has 3 aromatic rings. The summed E-state index contributed by atoms with van der Waals surface area (Å²) < 4.78 is 30.8. The Balaban J connectivity index is 1.71. The Hall–Kier alpha value is -3.45. The fourth-order valence-corrected chi connectivity index (χ4v) is 5.11. The molecule has 0 saturated heterocycles. The molecule has 7 heteroatoms. The second kappa shape index (κ2) is 11.8. The van der Waals surface area contributed by atoms with Crippen LogP contribution >= 0.6 is 0 Å². The molecule has 0 spiro atoms. The second-order valence-electron chi connectivity index (χ2n) is 8.58. The summed E-state index contributed by atoms with van der Waals surface area (Å²) >= 11 is 0. The molecule has 0 saturated carbocycles. The zero-order valence-electron chi connectivity index (χ0n) is 20.3. The van der Waals surface area contributed by atoms with Gasteiger partial charge in [0, 0.05) is 12.1 Å². The quantitative estimate of drug-likeness (QED) is 0.379. The monoisotopic (exact) mass is 493 g/mol. The fraction of sp³-hybridized carbons (Fsp3) is 0.286. The van der Waals surface area contributed by atoms with Crippen LogP contribution in [0.3, 0.4) is 0 Å². The lowest BCUT2D eigenvalue weighted by Gasteiger charge is -2.18. The minimum Gasteiger partial charge on any atom is -0.462 e. The van der Waals surface area contributed by atoms with Gasteiger partial charge >= 0.3 is 5.97 Å². The third-order valence-electron chi connectivity index (χ3n) is 5.78. The third-order valence-corrected chi connectivity index (χ3v) is 7.54. The maximum atomic E-state index is 12.9. The lowest BCUT2D eigenvalue weighted by atomic mass is 9.92. The van der Waals surface area contributed by atoms with Gasteiger partial charge in [0.2, 0.25) is 5.91 Å². The Morgan fingerprint density at radius 3 is 2.00 bits per heavy atom. The Kier molecular flexibility index (Phi) is 8.82. The summed E-state index contributed by atoms with van der Waals surface area (Å²) in [5.74, 6) is -0.975. The highest BCUT2D eigenvalue weighted by Gasteiger charge is 2.22. The van der Waals surface area contributed by atoms with E-state index in [0.29, 0.717) is 17.7 Å². The predicted octanol–water partition coefficient (Wildman–Crippen LogP) is 5.46. The predicted molar refractivity (Wildman–Crippen MR) is 137 cm³/mol. The number of rotatable bonds is 10. The molecule has 1 unspecified atom stereocenters. The molecule has 6 nitrogen and oxygen atoms in total. The average molecular weight is 494 g/mol. The number of anilines is 1. The summed E-state index contributed by atoms with van der Waals surface area (Å²) in [7, 11) is -3.48. The van der Waals surface area contributed by atoms with Crippen molar-refractivity contribution in [3.63, 3.8) is 0 Å². The van der Waals surface area contributed by atoms with Gasteiger partial charge in [-0.25, -0.2) is 13.2 Å². The van der Waals surface area contributed by atoms with Crippen LogP contribution in [0.1, 0.15) is 52.7 Å². The maximum absolute atomic E-state index is 12.9. The van der Waals surface area contributed by atoms with E-state index in [4.69, 9.17) is 4.74 Å². The molecule has 1 amide bonds. The first-order chi connectivity index (χ1) is 16.7. The van der Waals surface area contributed by atoms with Crippen LogP contribution in [0.4, 0.5) is 5.69 Å². The van der Waals surface area contributed by atoms with Crippen LogP contribution in [0.5, 0.6) is 0 Å². The van der Waals surface area contributed by atoms with Crippen LogP contribution in [0.15, 0.2) is 77.7 Å². The number of sulfone groups is 1. The minimum atomic E-state index is -3.48. The number of hydrogen-bond acceptors (Lipinski definition) is 5. The molecule has 0 heterocycles. The first-order valence-corrected chi connectivity index (χ1v) is 13.3. The van der Waals surface area contributed by atoms with Gasteiger partial charge in [-0.2, -0.15) is 0 Å². The Morgan fingerprint density at radius 2 is 1.43 bits per heavy atom. The van der Waals surface area contributed by atoms with Crippen molar-refractivity contribution in [2.45, 2.75) is 44.4 Å². The molecule has 1 N–H and O–H groups in total. The molecular weight excluding hydrogens is 462 g/mol. The van der Waals surface area contributed by atoms with E-state index in [2.05, 4.69) is 5.32 Å². The van der Waals surface area contributed by atoms with Crippen molar-refractivity contribution < 1.29 is 22.7 Å². The van der Waals surface area contributed by atoms with E-state index in [0.717, 1.165) is 16.7 Å². The largest absolute Gasteiger partial charge is 0.462 e. The Morgan fingerprint density at radius 1 is 0.857 bits per heavy atom. The lowest BCUT2D eigenvalue weighted by Crippen LogP contribution is -2.18. The van der Waals surface area contributed by atoms with Gasteiger partial charge in [-0.3, -0.25) is 4.79 Å². The smallest absolute Gasteiger partial charge is 0.338 e. The van der Waals surface area contributed by atoms with Gasteiger partial charge in [0.25, 0.3) is 0 Å². The van der Waals surface area contributed by atoms with Gasteiger partial charge in [-0.1, -0.05) is 47.5 Å². The number of ether oxygens (including phenoxy) is 1. The van der Waals surface area contributed by atoms with Gasteiger partial charge in [-0.05, 0) is 75.1 Å².